The summed E-state index contributed by atoms with van der Waals surface area (Å²) in [5.74, 6) is -23.9. The number of carbonyl (C=O) groups is 22. The molecule has 1 aromatic carbocycles. The normalized spacial score (nSPS) is 30.8. The summed E-state index contributed by atoms with van der Waals surface area (Å²) in [6, 6.07) is 4.09. The first-order chi connectivity index (χ1) is 64.7. The van der Waals surface area contributed by atoms with Gasteiger partial charge in [-0.25, -0.2) is 0 Å². The molecule has 766 valence electrons. The Morgan fingerprint density at radius 2 is 0.362 bits per heavy atom. The molecule has 0 aromatic heterocycles. The molecule has 6 fully saturated rings. The minimum Gasteiger partial charge on any atom is -0.463 e. The number of nitrogens with one attached hydrogen (secondary N) is 2. The van der Waals surface area contributed by atoms with Crippen LogP contribution in [0.3, 0.4) is 0 Å². The first kappa shape index (κ1) is 112. The van der Waals surface area contributed by atoms with Gasteiger partial charge in [0.25, 0.3) is 11.8 Å². The van der Waals surface area contributed by atoms with Crippen molar-refractivity contribution >= 4 is 131 Å². The molecule has 6 aliphatic heterocycles. The van der Waals surface area contributed by atoms with Crippen LogP contribution >= 0.6 is 0 Å². The van der Waals surface area contributed by atoms with Crippen molar-refractivity contribution < 1.29 is 248 Å². The van der Waals surface area contributed by atoms with Crippen molar-refractivity contribution in [1.82, 2.24) is 10.6 Å². The van der Waals surface area contributed by atoms with Crippen molar-refractivity contribution in [2.24, 2.45) is 0 Å². The highest BCUT2D eigenvalue weighted by Crippen LogP contribution is 2.41. The molecule has 0 saturated carbocycles. The third-order valence-corrected chi connectivity index (χ3v) is 19.7. The van der Waals surface area contributed by atoms with Crippen molar-refractivity contribution in [2.45, 2.75) is 323 Å². The fourth-order valence-electron chi connectivity index (χ4n) is 15.1. The summed E-state index contributed by atoms with van der Waals surface area (Å²) in [6.45, 7) is 12.8. The van der Waals surface area contributed by atoms with Gasteiger partial charge in [-0.2, -0.15) is 0 Å². The highest BCUT2D eigenvalue weighted by atomic mass is 16.8. The lowest BCUT2D eigenvalue weighted by Crippen LogP contribution is -2.68. The van der Waals surface area contributed by atoms with Crippen LogP contribution in [0.25, 0.3) is 0 Å². The Hall–Kier alpha value is -12.8. The van der Waals surface area contributed by atoms with Crippen molar-refractivity contribution in [1.29, 1.82) is 0 Å². The van der Waals surface area contributed by atoms with Crippen LogP contribution in [0.15, 0.2) is 24.3 Å². The number of esters is 20. The van der Waals surface area contributed by atoms with Crippen LogP contribution in [-0.2, 0) is 238 Å². The van der Waals surface area contributed by atoms with Gasteiger partial charge in [-0.05, 0) is 24.3 Å². The molecule has 0 radical (unpaired) electrons. The zero-order chi connectivity index (χ0) is 103. The van der Waals surface area contributed by atoms with E-state index in [1.807, 2.05) is 0 Å². The van der Waals surface area contributed by atoms with E-state index >= 15 is 0 Å². The Balaban J connectivity index is 1.23. The Morgan fingerprint density at radius 3 is 0.580 bits per heavy atom. The van der Waals surface area contributed by atoms with Crippen LogP contribution in [0, 0.1) is 0 Å². The summed E-state index contributed by atoms with van der Waals surface area (Å²) in [5, 5.41) is 4.93. The standard InChI is InChI=1S/C84H108N2O52/c1-31(87)109-25-55-61(117-37(7)93)67(121-41(11)97)75(129-49(19)105)83(135-55)137-63-57(27-111-33(3)89)133-81(73(127-47(17)103)69(63)123-43(13)99)113-29-53-59(115-35(5)91)65(119-39(9)95)71(125-45(15)101)79(131-53)85-77(107)51-21-23-52(24-22-51)78(108)86-80-72(126-46(16)102)66(120-40(10)96)60(116-36(6)92)54(132-80)30-114-82-74(128-48(18)104)70(124-44(14)100)64(58(134-82)28-112-34(4)90)138-84-76(130-50(20)106)68(122-42(12)98)62(118-38(8)94)56(136-84)26-110-32(2)88/h21-24,53-76,79-84H,25-30H2,1-20H3,(H,85,107)(H,86,108)/t53-,54-,55-,56-,57-,58-,59-,60-,61+,62+,63-,64-,65+,66+,67+,68+,69+,70+,71-,72-,73-,74-,75-,76-,79-,80-,81-,82-,83+,84+/m1/s1. The van der Waals surface area contributed by atoms with Gasteiger partial charge < -0.3 is 153 Å². The van der Waals surface area contributed by atoms with E-state index in [0.717, 1.165) is 163 Å². The fraction of sp³-hybridized carbons (Fsp3) is 0.667. The van der Waals surface area contributed by atoms with Gasteiger partial charge in [-0.3, -0.25) is 105 Å². The molecule has 54 heteroatoms. The van der Waals surface area contributed by atoms with Gasteiger partial charge in [0.15, 0.2) is 135 Å². The van der Waals surface area contributed by atoms with E-state index in [9.17, 15) is 105 Å². The molecule has 0 unspecified atom stereocenters. The van der Waals surface area contributed by atoms with E-state index in [1.54, 1.807) is 0 Å². The van der Waals surface area contributed by atoms with E-state index in [-0.39, 0.29) is 11.1 Å². The molecule has 7 rings (SSSR count). The highest BCUT2D eigenvalue weighted by Gasteiger charge is 2.63. The Bertz CT molecular complexity index is 4330. The van der Waals surface area contributed by atoms with Crippen LogP contribution in [0.5, 0.6) is 0 Å². The highest BCUT2D eigenvalue weighted by molar-refractivity contribution is 5.98. The first-order valence-electron chi connectivity index (χ1n) is 42.2. The molecule has 6 heterocycles. The van der Waals surface area contributed by atoms with E-state index in [2.05, 4.69) is 10.6 Å². The molecule has 6 saturated heterocycles. The zero-order valence-corrected chi connectivity index (χ0v) is 78.1. The van der Waals surface area contributed by atoms with E-state index in [1.165, 1.54) is 0 Å². The maximum Gasteiger partial charge on any atom is 0.303 e. The number of rotatable bonds is 38. The zero-order valence-electron chi connectivity index (χ0n) is 78.1. The monoisotopic (exact) mass is 1980 g/mol. The predicted molar refractivity (Wildman–Crippen MR) is 430 cm³/mol. The largest absolute Gasteiger partial charge is 0.463 e. The minimum atomic E-state index is -2.13. The van der Waals surface area contributed by atoms with E-state index in [0.29, 0.717) is 0 Å². The van der Waals surface area contributed by atoms with Gasteiger partial charge in [0, 0.05) is 150 Å². The second-order valence-electron chi connectivity index (χ2n) is 31.1. The summed E-state index contributed by atoms with van der Waals surface area (Å²) >= 11 is 0. The summed E-state index contributed by atoms with van der Waals surface area (Å²) in [6.07, 6.45) is -58.8. The van der Waals surface area contributed by atoms with Crippen molar-refractivity contribution in [2.75, 3.05) is 39.6 Å². The predicted octanol–water partition coefficient (Wildman–Crippen LogP) is -2.54. The molecule has 6 aliphatic rings. The first-order valence-corrected chi connectivity index (χ1v) is 42.2. The van der Waals surface area contributed by atoms with Gasteiger partial charge in [0.05, 0.1) is 13.2 Å². The smallest absolute Gasteiger partial charge is 0.303 e. The molecular weight excluding hydrogens is 1870 g/mol. The molecule has 0 bridgehead atoms. The minimum absolute atomic E-state index is 0.379. The molecule has 0 aliphatic carbocycles. The quantitative estimate of drug-likeness (QED) is 0.0509. The van der Waals surface area contributed by atoms with Crippen molar-refractivity contribution in [3.63, 3.8) is 0 Å². The van der Waals surface area contributed by atoms with Gasteiger partial charge in [0.2, 0.25) is 0 Å². The number of ether oxygens (including phenoxy) is 30. The van der Waals surface area contributed by atoms with Crippen molar-refractivity contribution in [3.05, 3.63) is 35.4 Å². The topological polar surface area (TPSA) is 677 Å². The molecule has 138 heavy (non-hydrogen) atoms. The van der Waals surface area contributed by atoms with Crippen LogP contribution in [0.4, 0.5) is 0 Å². The van der Waals surface area contributed by atoms with Gasteiger partial charge in [-0.1, -0.05) is 0 Å². The molecular formula is C84H108N2O52. The van der Waals surface area contributed by atoms with Crippen LogP contribution < -0.4 is 10.6 Å². The molecule has 0 spiro atoms. The van der Waals surface area contributed by atoms with Crippen LogP contribution in [0.2, 0.25) is 0 Å². The third-order valence-electron chi connectivity index (χ3n) is 19.7. The second kappa shape index (κ2) is 51.5. The number of amides is 2. The molecule has 2 amide bonds. The number of hydrogen-bond donors (Lipinski definition) is 2. The molecule has 30 atom stereocenters. The van der Waals surface area contributed by atoms with Crippen LogP contribution in [-0.4, -0.2) is 355 Å². The Kier molecular flexibility index (Phi) is 41.9. The average Bonchev–Trinajstić information content (AvgIpc) is 0.763. The number of carbonyl (C=O) groups excluding carboxylic acids is 22. The Labute approximate surface area is 784 Å². The summed E-state index contributed by atoms with van der Waals surface area (Å²) in [7, 11) is 0. The third kappa shape index (κ3) is 33.2. The maximum atomic E-state index is 14.8. The Morgan fingerprint density at radius 1 is 0.196 bits per heavy atom. The van der Waals surface area contributed by atoms with Crippen molar-refractivity contribution in [3.8, 4) is 0 Å². The van der Waals surface area contributed by atoms with Gasteiger partial charge in [0.1, 0.15) is 75.3 Å². The summed E-state index contributed by atoms with van der Waals surface area (Å²) in [4.78, 5) is 288. The fourth-order valence-corrected chi connectivity index (χ4v) is 15.1. The van der Waals surface area contributed by atoms with Crippen LogP contribution in [0.1, 0.15) is 159 Å². The number of hydrogen-bond acceptors (Lipinski definition) is 52. The summed E-state index contributed by atoms with van der Waals surface area (Å²) < 4.78 is 174. The lowest BCUT2D eigenvalue weighted by Gasteiger charge is -2.49. The molecule has 54 nitrogen and oxygen atoms in total. The lowest BCUT2D eigenvalue weighted by molar-refractivity contribution is -0.363. The maximum absolute atomic E-state index is 14.8. The molecule has 1 aromatic rings. The number of benzene rings is 1. The van der Waals surface area contributed by atoms with Gasteiger partial charge in [-0.15, -0.1) is 0 Å². The molecule has 2 N–H and O–H groups in total. The second-order valence-corrected chi connectivity index (χ2v) is 31.1. The average molecular weight is 1980 g/mol. The SMILES string of the molecule is CC(=O)OC[C@H]1O[C@@H](O[C@H]2[C@H](OC(C)=O)[C@@H](OC(C)=O)[C@H](OC[C@H]3O[C@@H](NC(=O)c4ccc(C(=O)N[C@@H]5O[C@H](CO[C@@H]6O[C@H](COC(C)=O)[C@@H](O[C@@H]7O[C@H](COC(C)=O)[C@H](OC(C)=O)[C@H](OC(C)=O)[C@H]7OC(C)=O)[C@H](OC(C)=O)[C@H]6OC(C)=O)[C@@H](OC(C)=O)[C@H](OC(C)=O)[C@H]5OC(C)=O)cc4)[C@H](OC(C)=O)[C@@H](OC(C)=O)[C@@H]3OC(C)=O)O[C@@H]2COC(C)=O)[C@H](OC(C)=O)[C@@H](OC(C)=O)[C@H]1OC(C)=O. The van der Waals surface area contributed by atoms with E-state index < -0.39 is 355 Å². The summed E-state index contributed by atoms with van der Waals surface area (Å²) in [5.41, 5.74) is -0.757. The lowest BCUT2D eigenvalue weighted by atomic mass is 9.95. The van der Waals surface area contributed by atoms with E-state index in [4.69, 9.17) is 142 Å². The van der Waals surface area contributed by atoms with Gasteiger partial charge >= 0.3 is 119 Å².